The van der Waals surface area contributed by atoms with E-state index in [1.165, 1.54) is 27.9 Å². The quantitative estimate of drug-likeness (QED) is 0.572. The van der Waals surface area contributed by atoms with Gasteiger partial charge in [0.1, 0.15) is 6.33 Å². The number of halogens is 4. The van der Waals surface area contributed by atoms with Gasteiger partial charge in [-0.2, -0.15) is 13.2 Å². The van der Waals surface area contributed by atoms with E-state index >= 15 is 0 Å². The summed E-state index contributed by atoms with van der Waals surface area (Å²) in [6, 6.07) is 10.2. The van der Waals surface area contributed by atoms with Gasteiger partial charge in [-0.05, 0) is 35.4 Å². The van der Waals surface area contributed by atoms with E-state index in [1.807, 2.05) is 0 Å². The van der Waals surface area contributed by atoms with Crippen molar-refractivity contribution in [3.8, 4) is 0 Å². The normalized spacial score (nSPS) is 15.9. The lowest BCUT2D eigenvalue weighted by Crippen LogP contribution is -2.23. The molecule has 4 rings (SSSR count). The van der Waals surface area contributed by atoms with E-state index in [0.29, 0.717) is 11.3 Å². The molecule has 9 heteroatoms. The molecule has 0 spiro atoms. The standard InChI is InChI=1S/C21H18F4N4O/c1-12(18(22)19-27-26-11-28(19)2)13-5-3-6-14(9-13)29-10-16-15(20(29)30)7-4-8-17(16)21(23,24)25/h3-9,11-12,18H,10H2,1-2H3/t12-,18+/m0/s1. The first-order chi connectivity index (χ1) is 14.2. The van der Waals surface area contributed by atoms with Crippen LogP contribution in [0.25, 0.3) is 0 Å². The highest BCUT2D eigenvalue weighted by atomic mass is 19.4. The summed E-state index contributed by atoms with van der Waals surface area (Å²) in [6.07, 6.45) is -4.57. The average molecular weight is 418 g/mol. The lowest BCUT2D eigenvalue weighted by molar-refractivity contribution is -0.138. The Morgan fingerprint density at radius 1 is 1.13 bits per heavy atom. The van der Waals surface area contributed by atoms with Crippen LogP contribution in [0.5, 0.6) is 0 Å². The first-order valence-corrected chi connectivity index (χ1v) is 9.27. The van der Waals surface area contributed by atoms with E-state index < -0.39 is 29.7 Å². The smallest absolute Gasteiger partial charge is 0.318 e. The molecule has 156 valence electrons. The first-order valence-electron chi connectivity index (χ1n) is 9.27. The van der Waals surface area contributed by atoms with Crippen LogP contribution in [0.2, 0.25) is 0 Å². The Balaban J connectivity index is 1.65. The fourth-order valence-corrected chi connectivity index (χ4v) is 3.72. The molecule has 0 saturated heterocycles. The number of rotatable bonds is 4. The predicted molar refractivity (Wildman–Crippen MR) is 102 cm³/mol. The molecular formula is C21H18F4N4O. The number of nitrogens with zero attached hydrogens (tertiary/aromatic N) is 4. The summed E-state index contributed by atoms with van der Waals surface area (Å²) in [5.74, 6) is -0.933. The van der Waals surface area contributed by atoms with Crippen molar-refractivity contribution in [1.82, 2.24) is 14.8 Å². The summed E-state index contributed by atoms with van der Waals surface area (Å²) in [6.45, 7) is 1.49. The topological polar surface area (TPSA) is 51.0 Å². The van der Waals surface area contributed by atoms with Gasteiger partial charge < -0.3 is 9.47 Å². The summed E-state index contributed by atoms with van der Waals surface area (Å²) in [4.78, 5) is 14.1. The van der Waals surface area contributed by atoms with Crippen LogP contribution in [0.3, 0.4) is 0 Å². The van der Waals surface area contributed by atoms with Gasteiger partial charge in [-0.25, -0.2) is 4.39 Å². The van der Waals surface area contributed by atoms with E-state index in [0.717, 1.165) is 6.07 Å². The van der Waals surface area contributed by atoms with E-state index in [1.54, 1.807) is 38.2 Å². The second kappa shape index (κ2) is 7.23. The van der Waals surface area contributed by atoms with Crippen molar-refractivity contribution < 1.29 is 22.4 Å². The molecule has 1 amide bonds. The number of fused-ring (bicyclic) bond motifs is 1. The number of hydrogen-bond acceptors (Lipinski definition) is 3. The molecule has 3 aromatic rings. The van der Waals surface area contributed by atoms with Gasteiger partial charge in [-0.1, -0.05) is 25.1 Å². The average Bonchev–Trinajstić information content (AvgIpc) is 3.29. The zero-order chi connectivity index (χ0) is 21.6. The number of alkyl halides is 4. The van der Waals surface area contributed by atoms with Crippen molar-refractivity contribution in [3.63, 3.8) is 0 Å². The largest absolute Gasteiger partial charge is 0.416 e. The zero-order valence-corrected chi connectivity index (χ0v) is 16.2. The molecule has 1 aliphatic rings. The number of anilines is 1. The molecule has 1 aliphatic heterocycles. The van der Waals surface area contributed by atoms with Gasteiger partial charge in [0.2, 0.25) is 0 Å². The maximum absolute atomic E-state index is 15.0. The summed E-state index contributed by atoms with van der Waals surface area (Å²) in [5, 5.41) is 7.49. The maximum atomic E-state index is 15.0. The summed E-state index contributed by atoms with van der Waals surface area (Å²) in [7, 11) is 1.64. The monoisotopic (exact) mass is 418 g/mol. The number of amides is 1. The molecule has 30 heavy (non-hydrogen) atoms. The predicted octanol–water partition coefficient (Wildman–Crippen LogP) is 4.81. The number of carbonyl (C=O) groups is 1. The molecule has 0 saturated carbocycles. The molecule has 0 aliphatic carbocycles. The highest BCUT2D eigenvalue weighted by Crippen LogP contribution is 2.39. The maximum Gasteiger partial charge on any atom is 0.416 e. The molecule has 0 bridgehead atoms. The molecular weight excluding hydrogens is 400 g/mol. The van der Waals surface area contributed by atoms with Crippen molar-refractivity contribution >= 4 is 11.6 Å². The Hall–Kier alpha value is -3.23. The third kappa shape index (κ3) is 3.34. The lowest BCUT2D eigenvalue weighted by Gasteiger charge is -2.21. The highest BCUT2D eigenvalue weighted by molar-refractivity contribution is 6.10. The van der Waals surface area contributed by atoms with Crippen molar-refractivity contribution in [2.75, 3.05) is 4.90 Å². The van der Waals surface area contributed by atoms with Gasteiger partial charge in [-0.3, -0.25) is 4.79 Å². The van der Waals surface area contributed by atoms with Crippen LogP contribution < -0.4 is 4.90 Å². The minimum Gasteiger partial charge on any atom is -0.318 e. The molecule has 0 fully saturated rings. The zero-order valence-electron chi connectivity index (χ0n) is 16.2. The Labute approximate surface area is 170 Å². The van der Waals surface area contributed by atoms with Gasteiger partial charge in [0.25, 0.3) is 5.91 Å². The van der Waals surface area contributed by atoms with Crippen molar-refractivity contribution in [3.05, 3.63) is 76.9 Å². The minimum atomic E-state index is -4.55. The van der Waals surface area contributed by atoms with Crippen LogP contribution in [0, 0.1) is 0 Å². The number of carbonyl (C=O) groups excluding carboxylic acids is 1. The van der Waals surface area contributed by atoms with Crippen LogP contribution in [0.1, 0.15) is 51.9 Å². The first kappa shape index (κ1) is 20.1. The Bertz CT molecular complexity index is 1110. The van der Waals surface area contributed by atoms with Gasteiger partial charge in [0, 0.05) is 24.2 Å². The number of aromatic nitrogens is 3. The van der Waals surface area contributed by atoms with Crippen LogP contribution in [0.4, 0.5) is 23.2 Å². The van der Waals surface area contributed by atoms with Crippen molar-refractivity contribution in [1.29, 1.82) is 0 Å². The molecule has 2 atom stereocenters. The third-order valence-corrected chi connectivity index (χ3v) is 5.41. The van der Waals surface area contributed by atoms with E-state index in [9.17, 15) is 22.4 Å². The van der Waals surface area contributed by atoms with Crippen LogP contribution >= 0.6 is 0 Å². The second-order valence-electron chi connectivity index (χ2n) is 7.31. The lowest BCUT2D eigenvalue weighted by atomic mass is 9.95. The number of hydrogen-bond donors (Lipinski definition) is 0. The molecule has 5 nitrogen and oxygen atoms in total. The van der Waals surface area contributed by atoms with E-state index in [2.05, 4.69) is 10.2 Å². The van der Waals surface area contributed by atoms with Crippen molar-refractivity contribution in [2.45, 2.75) is 31.7 Å². The molecule has 2 heterocycles. The van der Waals surface area contributed by atoms with Crippen LogP contribution in [0.15, 0.2) is 48.8 Å². The number of aryl methyl sites for hydroxylation is 1. The third-order valence-electron chi connectivity index (χ3n) is 5.41. The Morgan fingerprint density at radius 3 is 2.53 bits per heavy atom. The van der Waals surface area contributed by atoms with Gasteiger partial charge in [0.05, 0.1) is 12.1 Å². The SMILES string of the molecule is C[C@@H](c1cccc(N2Cc3c(cccc3C(F)(F)F)C2=O)c1)[C@@H](F)c1nncn1C. The fourth-order valence-electron chi connectivity index (χ4n) is 3.72. The summed E-state index contributed by atoms with van der Waals surface area (Å²) in [5.41, 5.74) is 0.190. The molecule has 1 aromatic heterocycles. The molecule has 0 unspecified atom stereocenters. The molecule has 2 aromatic carbocycles. The van der Waals surface area contributed by atoms with Gasteiger partial charge in [-0.15, -0.1) is 10.2 Å². The fraction of sp³-hybridized carbons (Fsp3) is 0.286. The molecule has 0 N–H and O–H groups in total. The summed E-state index contributed by atoms with van der Waals surface area (Å²) >= 11 is 0. The van der Waals surface area contributed by atoms with Crippen LogP contribution in [-0.4, -0.2) is 20.7 Å². The number of benzene rings is 2. The Morgan fingerprint density at radius 2 is 1.87 bits per heavy atom. The van der Waals surface area contributed by atoms with Crippen LogP contribution in [-0.2, 0) is 19.8 Å². The van der Waals surface area contributed by atoms with Crippen molar-refractivity contribution in [2.24, 2.45) is 7.05 Å². The van der Waals surface area contributed by atoms with E-state index in [4.69, 9.17) is 0 Å². The Kier molecular flexibility index (Phi) is 4.83. The van der Waals surface area contributed by atoms with E-state index in [-0.39, 0.29) is 23.5 Å². The van der Waals surface area contributed by atoms with Gasteiger partial charge >= 0.3 is 6.18 Å². The van der Waals surface area contributed by atoms with Gasteiger partial charge in [0.15, 0.2) is 12.0 Å². The highest BCUT2D eigenvalue weighted by Gasteiger charge is 2.39. The summed E-state index contributed by atoms with van der Waals surface area (Å²) < 4.78 is 56.5. The second-order valence-corrected chi connectivity index (χ2v) is 7.31. The molecule has 0 radical (unpaired) electrons. The minimum absolute atomic E-state index is 0.0331.